The van der Waals surface area contributed by atoms with Crippen LogP contribution in [-0.2, 0) is 28.0 Å². The Morgan fingerprint density at radius 1 is 0.636 bits per heavy atom. The van der Waals surface area contributed by atoms with Crippen molar-refractivity contribution >= 4 is 52.7 Å². The second kappa shape index (κ2) is 19.4. The SMILES string of the molecule is Br.CC[C@H]1OC(OP(=O)(Oc2ccccc2)Oc2ccccc2)C(F)(F)[C@@H]1OC(=O)c1ccccc1.CC[C@H]1O[C@H](Br)C(F)(F)[C@@H]1OC(=O)c1ccccc1. The summed E-state index contributed by atoms with van der Waals surface area (Å²) in [6.45, 7) is 3.29. The van der Waals surface area contributed by atoms with Crippen molar-refractivity contribution in [3.63, 3.8) is 0 Å². The maximum atomic E-state index is 15.4. The predicted molar refractivity (Wildman–Crippen MR) is 201 cm³/mol. The van der Waals surface area contributed by atoms with E-state index in [1.807, 2.05) is 0 Å². The smallest absolute Gasteiger partial charge is 0.449 e. The van der Waals surface area contributed by atoms with E-state index in [1.165, 1.54) is 48.5 Å². The molecule has 0 spiro atoms. The lowest BCUT2D eigenvalue weighted by molar-refractivity contribution is -0.190. The number of benzene rings is 4. The average Bonchev–Trinajstić information content (AvgIpc) is 3.54. The van der Waals surface area contributed by atoms with E-state index in [2.05, 4.69) is 15.9 Å². The highest BCUT2D eigenvalue weighted by Crippen LogP contribution is 2.55. The fourth-order valence-electron chi connectivity index (χ4n) is 5.33. The number of rotatable bonds is 12. The van der Waals surface area contributed by atoms with Gasteiger partial charge in [0, 0.05) is 0 Å². The second-order valence-corrected chi connectivity index (χ2v) is 14.2. The van der Waals surface area contributed by atoms with Gasteiger partial charge in [-0.1, -0.05) is 103 Å². The number of hydrogen-bond donors (Lipinski definition) is 0. The van der Waals surface area contributed by atoms with Crippen LogP contribution in [0.25, 0.3) is 0 Å². The Labute approximate surface area is 333 Å². The van der Waals surface area contributed by atoms with Gasteiger partial charge in [-0.25, -0.2) is 18.7 Å². The summed E-state index contributed by atoms with van der Waals surface area (Å²) in [5.41, 5.74) is 0.346. The van der Waals surface area contributed by atoms with E-state index in [-0.39, 0.29) is 46.0 Å². The number of carbonyl (C=O) groups excluding carboxylic acids is 2. The number of carbonyl (C=O) groups is 2. The first-order valence-electron chi connectivity index (χ1n) is 16.8. The third-order valence-corrected chi connectivity index (χ3v) is 10.2. The Morgan fingerprint density at radius 2 is 1.00 bits per heavy atom. The standard InChI is InChI=1S/C25H23F2O7P.C13H13BrF2O3.BrH/c1-2-21-22(31-23(28)18-12-6-3-7-13-18)25(26,27)24(30-21)34-35(29,32-19-14-8-4-9-15-19)33-20-16-10-5-11-17-20;1-2-9-10(13(15,16)12(14)18-9)19-11(17)8-6-4-3-5-7-8;/h3-17,21-22,24H,2H2,1H3;3-7,9-10,12H,2H2,1H3;1H/t21-,22-,24?;9-,10-,12+;/m11./s1. The van der Waals surface area contributed by atoms with Crippen LogP contribution in [0.15, 0.2) is 121 Å². The summed E-state index contributed by atoms with van der Waals surface area (Å²) in [4.78, 5) is 24.3. The zero-order chi connectivity index (χ0) is 38.9. The summed E-state index contributed by atoms with van der Waals surface area (Å²) < 4.78 is 109. The zero-order valence-electron chi connectivity index (χ0n) is 29.3. The monoisotopic (exact) mass is 918 g/mol. The van der Waals surface area contributed by atoms with Gasteiger partial charge >= 0.3 is 31.6 Å². The van der Waals surface area contributed by atoms with Gasteiger partial charge in [0.1, 0.15) is 23.7 Å². The number of alkyl halides is 5. The minimum absolute atomic E-state index is 0. The molecule has 2 aliphatic heterocycles. The lowest BCUT2D eigenvalue weighted by Gasteiger charge is -2.26. The molecule has 55 heavy (non-hydrogen) atoms. The first-order chi connectivity index (χ1) is 25.8. The fourth-order valence-corrected chi connectivity index (χ4v) is 7.18. The molecule has 296 valence electrons. The minimum Gasteiger partial charge on any atom is -0.449 e. The molecule has 0 N–H and O–H groups in total. The Balaban J connectivity index is 0.000000285. The van der Waals surface area contributed by atoms with Crippen LogP contribution < -0.4 is 9.05 Å². The molecule has 4 aromatic rings. The third-order valence-electron chi connectivity index (χ3n) is 8.08. The molecule has 10 nitrogen and oxygen atoms in total. The van der Waals surface area contributed by atoms with Crippen molar-refractivity contribution in [1.29, 1.82) is 0 Å². The molecule has 4 aromatic carbocycles. The van der Waals surface area contributed by atoms with Crippen LogP contribution in [0.1, 0.15) is 47.4 Å². The molecule has 2 heterocycles. The first-order valence-corrected chi connectivity index (χ1v) is 19.2. The number of para-hydroxylation sites is 2. The van der Waals surface area contributed by atoms with Gasteiger partial charge in [-0.05, 0) is 61.4 Å². The molecular weight excluding hydrogens is 883 g/mol. The van der Waals surface area contributed by atoms with Crippen molar-refractivity contribution in [2.45, 2.75) is 74.3 Å². The molecule has 2 fully saturated rings. The largest absolute Gasteiger partial charge is 0.590 e. The Bertz CT molecular complexity index is 1820. The van der Waals surface area contributed by atoms with E-state index in [4.69, 9.17) is 32.5 Å². The van der Waals surface area contributed by atoms with Gasteiger partial charge in [-0.2, -0.15) is 17.6 Å². The summed E-state index contributed by atoms with van der Waals surface area (Å²) in [6.07, 6.45) is -7.53. The maximum Gasteiger partial charge on any atom is 0.590 e. The minimum atomic E-state index is -4.69. The van der Waals surface area contributed by atoms with Gasteiger partial charge in [0.05, 0.1) is 11.1 Å². The summed E-state index contributed by atoms with van der Waals surface area (Å²) in [5, 5.41) is -1.43. The van der Waals surface area contributed by atoms with E-state index in [0.29, 0.717) is 6.42 Å². The summed E-state index contributed by atoms with van der Waals surface area (Å²) in [5.74, 6) is -8.66. The highest BCUT2D eigenvalue weighted by molar-refractivity contribution is 9.09. The molecule has 0 bridgehead atoms. The molecule has 1 unspecified atom stereocenters. The Hall–Kier alpha value is -3.79. The van der Waals surface area contributed by atoms with Crippen LogP contribution in [0.4, 0.5) is 17.6 Å². The maximum absolute atomic E-state index is 15.4. The number of esters is 2. The molecule has 0 aliphatic carbocycles. The fraction of sp³-hybridized carbons (Fsp3) is 0.316. The molecule has 0 aromatic heterocycles. The Kier molecular flexibility index (Phi) is 15.5. The van der Waals surface area contributed by atoms with Crippen LogP contribution in [0.5, 0.6) is 11.5 Å². The molecular formula is C38H37Br2F4O10P. The van der Waals surface area contributed by atoms with Crippen LogP contribution in [0.2, 0.25) is 0 Å². The quantitative estimate of drug-likeness (QED) is 0.0589. The lowest BCUT2D eigenvalue weighted by atomic mass is 10.1. The van der Waals surface area contributed by atoms with Crippen molar-refractivity contribution in [3.8, 4) is 11.5 Å². The van der Waals surface area contributed by atoms with Crippen molar-refractivity contribution in [3.05, 3.63) is 132 Å². The van der Waals surface area contributed by atoms with Gasteiger partial charge in [-0.15, -0.1) is 17.0 Å². The molecule has 6 rings (SSSR count). The zero-order valence-corrected chi connectivity index (χ0v) is 33.4. The highest BCUT2D eigenvalue weighted by atomic mass is 79.9. The van der Waals surface area contributed by atoms with Crippen LogP contribution in [0.3, 0.4) is 0 Å². The number of halogens is 6. The van der Waals surface area contributed by atoms with E-state index in [9.17, 15) is 22.9 Å². The van der Waals surface area contributed by atoms with E-state index in [0.717, 1.165) is 0 Å². The van der Waals surface area contributed by atoms with E-state index < -0.39 is 67.3 Å². The third kappa shape index (κ3) is 11.0. The predicted octanol–water partition coefficient (Wildman–Crippen LogP) is 10.2. The second-order valence-electron chi connectivity index (χ2n) is 11.9. The van der Waals surface area contributed by atoms with Gasteiger partial charge in [0.15, 0.2) is 17.2 Å². The van der Waals surface area contributed by atoms with Crippen LogP contribution >= 0.6 is 40.7 Å². The van der Waals surface area contributed by atoms with Crippen molar-refractivity contribution < 1.29 is 64.2 Å². The molecule has 2 aliphatic rings. The van der Waals surface area contributed by atoms with Crippen molar-refractivity contribution in [2.75, 3.05) is 0 Å². The van der Waals surface area contributed by atoms with Gasteiger partial charge in [0.2, 0.25) is 6.29 Å². The molecule has 17 heteroatoms. The highest BCUT2D eigenvalue weighted by Gasteiger charge is 2.64. The number of phosphoric acid groups is 1. The van der Waals surface area contributed by atoms with Gasteiger partial charge < -0.3 is 28.0 Å². The van der Waals surface area contributed by atoms with Crippen LogP contribution in [0, 0.1) is 0 Å². The van der Waals surface area contributed by atoms with E-state index in [1.54, 1.807) is 86.6 Å². The first kappa shape index (κ1) is 43.9. The number of ether oxygens (including phenoxy) is 4. The molecule has 2 saturated heterocycles. The molecule has 0 amide bonds. The van der Waals surface area contributed by atoms with Crippen molar-refractivity contribution in [1.82, 2.24) is 0 Å². The topological polar surface area (TPSA) is 116 Å². The summed E-state index contributed by atoms with van der Waals surface area (Å²) >= 11 is 2.76. The normalized spacial score (nSPS) is 23.6. The van der Waals surface area contributed by atoms with Crippen LogP contribution in [-0.4, -0.2) is 59.5 Å². The number of phosphoric ester groups is 1. The van der Waals surface area contributed by atoms with E-state index >= 15 is 8.78 Å². The summed E-state index contributed by atoms with van der Waals surface area (Å²) in [7, 11) is -4.69. The van der Waals surface area contributed by atoms with Crippen molar-refractivity contribution in [2.24, 2.45) is 0 Å². The van der Waals surface area contributed by atoms with Gasteiger partial charge in [-0.3, -0.25) is 0 Å². The molecule has 0 saturated carbocycles. The molecule has 0 radical (unpaired) electrons. The lowest BCUT2D eigenvalue weighted by Crippen LogP contribution is -2.44. The summed E-state index contributed by atoms with van der Waals surface area (Å²) in [6, 6.07) is 31.5. The average molecular weight is 920 g/mol. The number of hydrogen-bond acceptors (Lipinski definition) is 10. The Morgan fingerprint density at radius 3 is 1.40 bits per heavy atom. The molecule has 6 atom stereocenters. The van der Waals surface area contributed by atoms with Gasteiger partial charge in [0.25, 0.3) is 0 Å².